The second kappa shape index (κ2) is 9.02. The maximum Gasteiger partial charge on any atom is 0.241 e. The lowest BCUT2D eigenvalue weighted by molar-refractivity contribution is -0.140. The number of anilines is 1. The van der Waals surface area contributed by atoms with Crippen molar-refractivity contribution in [3.8, 4) is 0 Å². The van der Waals surface area contributed by atoms with E-state index in [0.29, 0.717) is 63.6 Å². The van der Waals surface area contributed by atoms with Gasteiger partial charge < -0.3 is 19.4 Å². The number of likely N-dealkylation sites (N-methyl/N-ethyl adjacent to an activating group) is 1. The van der Waals surface area contributed by atoms with Crippen molar-refractivity contribution in [2.75, 3.05) is 51.3 Å². The molecule has 160 valence electrons. The van der Waals surface area contributed by atoms with Crippen LogP contribution in [0.2, 0.25) is 0 Å². The van der Waals surface area contributed by atoms with Crippen LogP contribution in [0.3, 0.4) is 0 Å². The van der Waals surface area contributed by atoms with E-state index in [2.05, 4.69) is 9.97 Å². The highest BCUT2D eigenvalue weighted by atomic mass is 19.1. The minimum atomic E-state index is -0.556. The van der Waals surface area contributed by atoms with Gasteiger partial charge >= 0.3 is 0 Å². The second-order valence-corrected chi connectivity index (χ2v) is 7.73. The van der Waals surface area contributed by atoms with Gasteiger partial charge in [0, 0.05) is 33.2 Å². The van der Waals surface area contributed by atoms with Crippen LogP contribution in [-0.2, 0) is 20.7 Å². The number of piperidine rings is 1. The van der Waals surface area contributed by atoms with E-state index in [1.54, 1.807) is 16.8 Å². The Balaban J connectivity index is 1.63. The number of halogens is 1. The average molecular weight is 407 g/mol. The number of nitrogens with zero attached hydrogens (tertiary/aromatic N) is 5. The van der Waals surface area contributed by atoms with E-state index in [1.807, 2.05) is 18.7 Å². The highest BCUT2D eigenvalue weighted by Gasteiger charge is 2.41. The van der Waals surface area contributed by atoms with Crippen LogP contribution in [0.5, 0.6) is 0 Å². The topological polar surface area (TPSA) is 78.9 Å². The maximum absolute atomic E-state index is 14.6. The van der Waals surface area contributed by atoms with Gasteiger partial charge in [0.2, 0.25) is 11.8 Å². The van der Waals surface area contributed by atoms with E-state index in [1.165, 1.54) is 6.33 Å². The number of amides is 2. The summed E-state index contributed by atoms with van der Waals surface area (Å²) in [6.07, 6.45) is 3.38. The van der Waals surface area contributed by atoms with Crippen LogP contribution in [0.25, 0.3) is 0 Å². The lowest BCUT2D eigenvalue weighted by atomic mass is 9.87. The lowest BCUT2D eigenvalue weighted by Gasteiger charge is -2.41. The molecule has 3 heterocycles. The summed E-state index contributed by atoms with van der Waals surface area (Å²) < 4.78 is 20.7. The minimum Gasteiger partial charge on any atom is -0.372 e. The van der Waals surface area contributed by atoms with Gasteiger partial charge in [-0.25, -0.2) is 14.4 Å². The molecule has 0 radical (unpaired) electrons. The smallest absolute Gasteiger partial charge is 0.241 e. The van der Waals surface area contributed by atoms with Crippen LogP contribution in [0.4, 0.5) is 10.2 Å². The predicted octanol–water partition coefficient (Wildman–Crippen LogP) is 1.24. The Bertz CT molecular complexity index is 752. The van der Waals surface area contributed by atoms with Crippen molar-refractivity contribution in [2.24, 2.45) is 0 Å². The number of ether oxygens (including phenoxy) is 1. The molecule has 0 bridgehead atoms. The summed E-state index contributed by atoms with van der Waals surface area (Å²) in [4.78, 5) is 38.2. The summed E-state index contributed by atoms with van der Waals surface area (Å²) in [5.74, 6) is -0.178. The van der Waals surface area contributed by atoms with Crippen molar-refractivity contribution >= 4 is 17.6 Å². The number of aromatic nitrogens is 2. The molecule has 1 aromatic rings. The van der Waals surface area contributed by atoms with Crippen LogP contribution in [0.1, 0.15) is 38.8 Å². The molecule has 0 aromatic carbocycles. The van der Waals surface area contributed by atoms with Crippen molar-refractivity contribution in [1.29, 1.82) is 0 Å². The number of rotatable bonds is 5. The summed E-state index contributed by atoms with van der Waals surface area (Å²) in [5.41, 5.74) is -0.146. The van der Waals surface area contributed by atoms with Gasteiger partial charge in [0.05, 0.1) is 30.9 Å². The zero-order chi connectivity index (χ0) is 21.0. The molecule has 1 aromatic heterocycles. The summed E-state index contributed by atoms with van der Waals surface area (Å²) in [6.45, 7) is 6.38. The largest absolute Gasteiger partial charge is 0.372 e. The number of hydrogen-bond acceptors (Lipinski definition) is 6. The molecule has 3 rings (SSSR count). The van der Waals surface area contributed by atoms with Gasteiger partial charge in [0.15, 0.2) is 11.6 Å². The van der Waals surface area contributed by atoms with Gasteiger partial charge in [0.25, 0.3) is 0 Å². The van der Waals surface area contributed by atoms with E-state index in [9.17, 15) is 14.0 Å². The standard InChI is InChI=1S/C20H30FN5O3/c1-4-15-18(21)19(23-14-22-15)25-8-6-20(7-9-25)12-16(27)26(10-11-29-20)13-17(28)24(3)5-2/h14H,4-13H2,1-3H3. The molecule has 2 saturated heterocycles. The van der Waals surface area contributed by atoms with Gasteiger partial charge in [-0.1, -0.05) is 6.92 Å². The van der Waals surface area contributed by atoms with E-state index < -0.39 is 5.60 Å². The van der Waals surface area contributed by atoms with Crippen molar-refractivity contribution in [3.63, 3.8) is 0 Å². The third kappa shape index (κ3) is 4.66. The van der Waals surface area contributed by atoms with Crippen LogP contribution in [0, 0.1) is 5.82 Å². The molecule has 2 fully saturated rings. The molecule has 1 spiro atoms. The monoisotopic (exact) mass is 407 g/mol. The molecule has 8 nitrogen and oxygen atoms in total. The van der Waals surface area contributed by atoms with Gasteiger partial charge in [-0.2, -0.15) is 0 Å². The fraction of sp³-hybridized carbons (Fsp3) is 0.700. The molecule has 29 heavy (non-hydrogen) atoms. The third-order valence-corrected chi connectivity index (χ3v) is 5.97. The predicted molar refractivity (Wildman–Crippen MR) is 106 cm³/mol. The Kier molecular flexibility index (Phi) is 6.66. The average Bonchev–Trinajstić information content (AvgIpc) is 2.87. The first-order valence-corrected chi connectivity index (χ1v) is 10.3. The van der Waals surface area contributed by atoms with Gasteiger partial charge in [-0.15, -0.1) is 0 Å². The molecule has 0 unspecified atom stereocenters. The van der Waals surface area contributed by atoms with E-state index in [4.69, 9.17) is 4.74 Å². The second-order valence-electron chi connectivity index (χ2n) is 7.73. The Hall–Kier alpha value is -2.29. The molecule has 0 saturated carbocycles. The first-order valence-electron chi connectivity index (χ1n) is 10.3. The van der Waals surface area contributed by atoms with Crippen molar-refractivity contribution in [1.82, 2.24) is 19.8 Å². The Morgan fingerprint density at radius 2 is 2.00 bits per heavy atom. The highest BCUT2D eigenvalue weighted by Crippen LogP contribution is 2.34. The number of aryl methyl sites for hydroxylation is 1. The molecular formula is C20H30FN5O3. The molecule has 0 aliphatic carbocycles. The van der Waals surface area contributed by atoms with Crippen molar-refractivity contribution < 1.29 is 18.7 Å². The molecule has 9 heteroatoms. The number of carbonyl (C=O) groups is 2. The Labute approximate surface area is 171 Å². The fourth-order valence-corrected chi connectivity index (χ4v) is 3.87. The normalized spacial score (nSPS) is 19.4. The Morgan fingerprint density at radius 3 is 2.66 bits per heavy atom. The van der Waals surface area contributed by atoms with E-state index in [-0.39, 0.29) is 30.6 Å². The summed E-state index contributed by atoms with van der Waals surface area (Å²) in [5, 5.41) is 0. The SMILES string of the molecule is CCc1ncnc(N2CCC3(CC2)CC(=O)N(CC(=O)N(C)CC)CCO3)c1F. The first kappa shape index (κ1) is 21.4. The van der Waals surface area contributed by atoms with E-state index in [0.717, 1.165) is 0 Å². The van der Waals surface area contributed by atoms with Crippen LogP contribution >= 0.6 is 0 Å². The van der Waals surface area contributed by atoms with Gasteiger partial charge in [-0.3, -0.25) is 9.59 Å². The molecule has 2 aliphatic rings. The zero-order valence-electron chi connectivity index (χ0n) is 17.5. The van der Waals surface area contributed by atoms with Gasteiger partial charge in [-0.05, 0) is 26.2 Å². The van der Waals surface area contributed by atoms with Crippen LogP contribution in [-0.4, -0.2) is 83.6 Å². The summed E-state index contributed by atoms with van der Waals surface area (Å²) >= 11 is 0. The molecule has 0 atom stereocenters. The molecule has 2 amide bonds. The first-order chi connectivity index (χ1) is 13.9. The zero-order valence-corrected chi connectivity index (χ0v) is 17.5. The quantitative estimate of drug-likeness (QED) is 0.731. The number of carbonyl (C=O) groups excluding carboxylic acids is 2. The summed E-state index contributed by atoms with van der Waals surface area (Å²) in [6, 6.07) is 0. The lowest BCUT2D eigenvalue weighted by Crippen LogP contribution is -2.48. The van der Waals surface area contributed by atoms with Crippen LogP contribution in [0.15, 0.2) is 6.33 Å². The number of hydrogen-bond donors (Lipinski definition) is 0. The third-order valence-electron chi connectivity index (χ3n) is 5.97. The molecule has 2 aliphatic heterocycles. The fourth-order valence-electron chi connectivity index (χ4n) is 3.87. The minimum absolute atomic E-state index is 0.0599. The molecule has 0 N–H and O–H groups in total. The van der Waals surface area contributed by atoms with E-state index >= 15 is 0 Å². The Morgan fingerprint density at radius 1 is 1.28 bits per heavy atom. The maximum atomic E-state index is 14.6. The molecular weight excluding hydrogens is 377 g/mol. The van der Waals surface area contributed by atoms with Gasteiger partial charge in [0.1, 0.15) is 6.33 Å². The highest BCUT2D eigenvalue weighted by molar-refractivity contribution is 5.85. The summed E-state index contributed by atoms with van der Waals surface area (Å²) in [7, 11) is 1.73. The van der Waals surface area contributed by atoms with Crippen LogP contribution < -0.4 is 4.90 Å². The van der Waals surface area contributed by atoms with Crippen molar-refractivity contribution in [2.45, 2.75) is 45.1 Å². The van der Waals surface area contributed by atoms with Crippen molar-refractivity contribution in [3.05, 3.63) is 17.8 Å².